The predicted molar refractivity (Wildman–Crippen MR) is 102 cm³/mol. The Morgan fingerprint density at radius 1 is 1.17 bits per heavy atom. The molecule has 0 amide bonds. The highest BCUT2D eigenvalue weighted by Crippen LogP contribution is 2.37. The molecule has 0 atom stereocenters. The SMILES string of the molecule is CCc1ccc(Oc2ncnc(Nc3ncc(C(F)(F)F)cc3Cl)c2[N+](=O)[O-])cc1. The van der Waals surface area contributed by atoms with Crippen LogP contribution in [0, 0.1) is 10.1 Å². The van der Waals surface area contributed by atoms with E-state index in [0.717, 1.165) is 18.3 Å². The van der Waals surface area contributed by atoms with Gasteiger partial charge in [0.2, 0.25) is 5.82 Å². The minimum Gasteiger partial charge on any atom is -0.434 e. The van der Waals surface area contributed by atoms with E-state index >= 15 is 0 Å². The fourth-order valence-corrected chi connectivity index (χ4v) is 2.61. The molecule has 1 aromatic carbocycles. The van der Waals surface area contributed by atoms with Gasteiger partial charge in [0.15, 0.2) is 5.82 Å². The molecule has 0 aliphatic rings. The Balaban J connectivity index is 1.94. The van der Waals surface area contributed by atoms with Crippen LogP contribution >= 0.6 is 11.6 Å². The largest absolute Gasteiger partial charge is 0.434 e. The number of hydrogen-bond acceptors (Lipinski definition) is 7. The first-order chi connectivity index (χ1) is 14.2. The van der Waals surface area contributed by atoms with E-state index in [1.54, 1.807) is 24.3 Å². The molecular weight excluding hydrogens is 427 g/mol. The lowest BCUT2D eigenvalue weighted by Gasteiger charge is -2.11. The number of alkyl halides is 3. The highest BCUT2D eigenvalue weighted by atomic mass is 35.5. The Bertz CT molecular complexity index is 1080. The van der Waals surface area contributed by atoms with Crippen LogP contribution in [-0.4, -0.2) is 19.9 Å². The van der Waals surface area contributed by atoms with Gasteiger partial charge in [-0.3, -0.25) is 10.1 Å². The van der Waals surface area contributed by atoms with Gasteiger partial charge in [0.1, 0.15) is 12.1 Å². The number of hydrogen-bond donors (Lipinski definition) is 1. The Morgan fingerprint density at radius 3 is 2.43 bits per heavy atom. The van der Waals surface area contributed by atoms with Crippen molar-refractivity contribution in [3.63, 3.8) is 0 Å². The highest BCUT2D eigenvalue weighted by molar-refractivity contribution is 6.33. The molecule has 0 aliphatic carbocycles. The zero-order valence-corrected chi connectivity index (χ0v) is 16.0. The van der Waals surface area contributed by atoms with Crippen LogP contribution < -0.4 is 10.1 Å². The van der Waals surface area contributed by atoms with Crippen LogP contribution in [0.25, 0.3) is 0 Å². The van der Waals surface area contributed by atoms with Crippen LogP contribution in [0.5, 0.6) is 11.6 Å². The number of nitro groups is 1. The van der Waals surface area contributed by atoms with E-state index in [0.29, 0.717) is 18.0 Å². The lowest BCUT2D eigenvalue weighted by molar-refractivity contribution is -0.385. The van der Waals surface area contributed by atoms with Gasteiger partial charge in [-0.1, -0.05) is 30.7 Å². The van der Waals surface area contributed by atoms with E-state index in [-0.39, 0.29) is 17.5 Å². The molecule has 30 heavy (non-hydrogen) atoms. The van der Waals surface area contributed by atoms with Gasteiger partial charge in [0, 0.05) is 6.20 Å². The van der Waals surface area contributed by atoms with Crippen LogP contribution in [0.1, 0.15) is 18.1 Å². The van der Waals surface area contributed by atoms with Crippen molar-refractivity contribution in [2.45, 2.75) is 19.5 Å². The van der Waals surface area contributed by atoms with Crippen molar-refractivity contribution in [3.8, 4) is 11.6 Å². The molecular formula is C18H13ClF3N5O3. The second-order valence-corrected chi connectivity index (χ2v) is 6.32. The third-order valence-corrected chi connectivity index (χ3v) is 4.21. The molecule has 8 nitrogen and oxygen atoms in total. The molecule has 0 bridgehead atoms. The van der Waals surface area contributed by atoms with Gasteiger partial charge in [-0.2, -0.15) is 18.2 Å². The number of aryl methyl sites for hydroxylation is 1. The summed E-state index contributed by atoms with van der Waals surface area (Å²) < 4.78 is 43.8. The molecule has 2 aromatic heterocycles. The van der Waals surface area contributed by atoms with Gasteiger partial charge < -0.3 is 10.1 Å². The lowest BCUT2D eigenvalue weighted by Crippen LogP contribution is -2.08. The quantitative estimate of drug-likeness (QED) is 0.396. The summed E-state index contributed by atoms with van der Waals surface area (Å²) in [4.78, 5) is 22.0. The number of nitrogens with one attached hydrogen (secondary N) is 1. The number of rotatable bonds is 6. The van der Waals surface area contributed by atoms with E-state index in [4.69, 9.17) is 16.3 Å². The molecule has 12 heteroatoms. The zero-order chi connectivity index (χ0) is 21.9. The molecule has 0 saturated heterocycles. The maximum atomic E-state index is 12.8. The van der Waals surface area contributed by atoms with Crippen LogP contribution in [-0.2, 0) is 12.6 Å². The van der Waals surface area contributed by atoms with Gasteiger partial charge in [0.25, 0.3) is 0 Å². The van der Waals surface area contributed by atoms with E-state index in [9.17, 15) is 23.3 Å². The summed E-state index contributed by atoms with van der Waals surface area (Å²) in [7, 11) is 0. The van der Waals surface area contributed by atoms with Gasteiger partial charge >= 0.3 is 17.7 Å². The number of pyridine rings is 1. The van der Waals surface area contributed by atoms with Crippen LogP contribution in [0.2, 0.25) is 5.02 Å². The molecule has 0 radical (unpaired) electrons. The van der Waals surface area contributed by atoms with E-state index in [2.05, 4.69) is 20.3 Å². The minimum absolute atomic E-state index is 0.246. The van der Waals surface area contributed by atoms with Gasteiger partial charge in [-0.05, 0) is 30.2 Å². The Morgan fingerprint density at radius 2 is 1.87 bits per heavy atom. The molecule has 2 heterocycles. The molecule has 1 N–H and O–H groups in total. The number of benzene rings is 1. The zero-order valence-electron chi connectivity index (χ0n) is 15.3. The van der Waals surface area contributed by atoms with Crippen LogP contribution in [0.4, 0.5) is 30.5 Å². The molecule has 0 saturated carbocycles. The number of ether oxygens (including phenoxy) is 1. The molecule has 0 spiro atoms. The van der Waals surface area contributed by atoms with Crippen molar-refractivity contribution in [3.05, 3.63) is 69.1 Å². The fraction of sp³-hybridized carbons (Fsp3) is 0.167. The van der Waals surface area contributed by atoms with E-state index in [1.807, 2.05) is 6.92 Å². The Labute approximate surface area is 172 Å². The maximum absolute atomic E-state index is 12.8. The van der Waals surface area contributed by atoms with Crippen LogP contribution in [0.15, 0.2) is 42.9 Å². The number of anilines is 2. The lowest BCUT2D eigenvalue weighted by atomic mass is 10.2. The highest BCUT2D eigenvalue weighted by Gasteiger charge is 2.32. The van der Waals surface area contributed by atoms with Crippen molar-refractivity contribution in [1.29, 1.82) is 0 Å². The summed E-state index contributed by atoms with van der Waals surface area (Å²) in [5.74, 6) is -0.635. The first-order valence-electron chi connectivity index (χ1n) is 8.45. The molecule has 0 fully saturated rings. The number of aromatic nitrogens is 3. The first-order valence-corrected chi connectivity index (χ1v) is 8.82. The summed E-state index contributed by atoms with van der Waals surface area (Å²) in [5.41, 5.74) is -0.644. The van der Waals surface area contributed by atoms with Crippen molar-refractivity contribution in [2.24, 2.45) is 0 Å². The van der Waals surface area contributed by atoms with Gasteiger partial charge in [0.05, 0.1) is 15.5 Å². The topological polar surface area (TPSA) is 103 Å². The first kappa shape index (κ1) is 21.2. The average molecular weight is 440 g/mol. The van der Waals surface area contributed by atoms with Gasteiger partial charge in [-0.15, -0.1) is 0 Å². The molecule has 3 rings (SSSR count). The van der Waals surface area contributed by atoms with E-state index < -0.39 is 27.4 Å². The van der Waals surface area contributed by atoms with Crippen LogP contribution in [0.3, 0.4) is 0 Å². The standard InChI is InChI=1S/C18H13ClF3N5O3/c1-2-10-3-5-12(6-4-10)30-17-14(27(28)29)16(24-9-25-17)26-15-13(19)7-11(8-23-15)18(20,21)22/h3-9H,2H2,1H3,(H,23,24,25,26). The second kappa shape index (κ2) is 8.49. The normalized spacial score (nSPS) is 11.2. The Kier molecular flexibility index (Phi) is 6.01. The van der Waals surface area contributed by atoms with Crippen molar-refractivity contribution in [2.75, 3.05) is 5.32 Å². The Hall–Kier alpha value is -3.47. The predicted octanol–water partition coefficient (Wildman–Crippen LogP) is 5.55. The van der Waals surface area contributed by atoms with Crippen molar-refractivity contribution >= 4 is 28.9 Å². The monoisotopic (exact) mass is 439 g/mol. The summed E-state index contributed by atoms with van der Waals surface area (Å²) in [5, 5.41) is 13.7. The third-order valence-electron chi connectivity index (χ3n) is 3.92. The molecule has 3 aromatic rings. The summed E-state index contributed by atoms with van der Waals surface area (Å²) in [6.07, 6.45) is -2.27. The van der Waals surface area contributed by atoms with Crippen molar-refractivity contribution < 1.29 is 22.8 Å². The molecule has 0 aliphatic heterocycles. The molecule has 156 valence electrons. The summed E-state index contributed by atoms with van der Waals surface area (Å²) in [6, 6.07) is 7.51. The van der Waals surface area contributed by atoms with Crippen molar-refractivity contribution in [1.82, 2.24) is 15.0 Å². The average Bonchev–Trinajstić information content (AvgIpc) is 2.69. The summed E-state index contributed by atoms with van der Waals surface area (Å²) in [6.45, 7) is 1.98. The third kappa shape index (κ3) is 4.74. The van der Waals surface area contributed by atoms with Gasteiger partial charge in [-0.25, -0.2) is 9.97 Å². The smallest absolute Gasteiger partial charge is 0.417 e. The van der Waals surface area contributed by atoms with E-state index in [1.165, 1.54) is 0 Å². The molecule has 0 unspecified atom stereocenters. The number of halogens is 4. The maximum Gasteiger partial charge on any atom is 0.417 e. The second-order valence-electron chi connectivity index (χ2n) is 5.91. The fourth-order valence-electron chi connectivity index (χ4n) is 2.40. The number of nitrogens with zero attached hydrogens (tertiary/aromatic N) is 4. The summed E-state index contributed by atoms with van der Waals surface area (Å²) >= 11 is 5.85. The minimum atomic E-state index is -4.63.